The first-order valence-electron chi connectivity index (χ1n) is 10.1. The molecule has 32 heavy (non-hydrogen) atoms. The number of nitrogens with zero attached hydrogens (tertiary/aromatic N) is 3. The van der Waals surface area contributed by atoms with Gasteiger partial charge in [0.1, 0.15) is 17.5 Å². The number of para-hydroxylation sites is 1. The molecule has 0 saturated carbocycles. The van der Waals surface area contributed by atoms with Crippen LogP contribution >= 0.6 is 0 Å². The molecule has 2 aromatic heterocycles. The number of H-pyrrole nitrogens is 1. The van der Waals surface area contributed by atoms with Crippen LogP contribution in [0.5, 0.6) is 0 Å². The number of pyridine rings is 1. The largest absolute Gasteiger partial charge is 0.339 e. The second-order valence-electron chi connectivity index (χ2n) is 7.16. The molecule has 0 radical (unpaired) electrons. The molecule has 2 N–H and O–H groups in total. The monoisotopic (exact) mass is 415 g/mol. The quantitative estimate of drug-likeness (QED) is 0.417. The predicted octanol–water partition coefficient (Wildman–Crippen LogP) is 5.27. The lowest BCUT2D eigenvalue weighted by Crippen LogP contribution is -2.14. The van der Waals surface area contributed by atoms with Gasteiger partial charge in [0.2, 0.25) is 0 Å². The summed E-state index contributed by atoms with van der Waals surface area (Å²) < 4.78 is 0. The second-order valence-corrected chi connectivity index (χ2v) is 7.16. The van der Waals surface area contributed by atoms with Crippen molar-refractivity contribution in [1.82, 2.24) is 15.0 Å². The molecule has 0 bridgehead atoms. The molecule has 0 aliphatic heterocycles. The van der Waals surface area contributed by atoms with Crippen LogP contribution in [0.3, 0.4) is 0 Å². The Hall–Kier alpha value is -4.76. The van der Waals surface area contributed by atoms with E-state index < -0.39 is 0 Å². The summed E-state index contributed by atoms with van der Waals surface area (Å²) in [6.45, 7) is 0. The third-order valence-electron chi connectivity index (χ3n) is 5.11. The first-order valence-corrected chi connectivity index (χ1v) is 10.1. The van der Waals surface area contributed by atoms with Gasteiger partial charge in [-0.3, -0.25) is 4.79 Å². The van der Waals surface area contributed by atoms with E-state index in [1.807, 2.05) is 91.0 Å². The molecule has 0 atom stereocenters. The van der Waals surface area contributed by atoms with E-state index in [2.05, 4.69) is 26.3 Å². The second kappa shape index (κ2) is 8.17. The Morgan fingerprint density at radius 1 is 0.781 bits per heavy atom. The highest BCUT2D eigenvalue weighted by atomic mass is 16.1. The first kappa shape index (κ1) is 19.2. The van der Waals surface area contributed by atoms with Crippen LogP contribution in [-0.4, -0.2) is 15.0 Å². The number of hydrogen-bond donors (Lipinski definition) is 2. The number of fused-ring (bicyclic) bond motifs is 1. The van der Waals surface area contributed by atoms with Crippen molar-refractivity contribution in [3.05, 3.63) is 107 Å². The molecule has 0 amide bonds. The molecule has 0 spiro atoms. The third-order valence-corrected chi connectivity index (χ3v) is 5.11. The van der Waals surface area contributed by atoms with Gasteiger partial charge in [0.15, 0.2) is 11.5 Å². The van der Waals surface area contributed by atoms with Gasteiger partial charge in [0, 0.05) is 16.8 Å². The van der Waals surface area contributed by atoms with Crippen LogP contribution in [-0.2, 0) is 0 Å². The van der Waals surface area contributed by atoms with Crippen molar-refractivity contribution in [2.75, 3.05) is 5.32 Å². The van der Waals surface area contributed by atoms with Crippen molar-refractivity contribution < 1.29 is 0 Å². The molecule has 0 aliphatic rings. The lowest BCUT2D eigenvalue weighted by atomic mass is 9.97. The summed E-state index contributed by atoms with van der Waals surface area (Å²) in [4.78, 5) is 25.4. The standard InChI is InChI=1S/C26H17N5O/c27-16-20-21(17-10-4-1-5-11-17)22-25(30-24(20)28-19-14-8-3-9-15-19)29-23(31-26(22)32)18-12-6-2-7-13-18/h1-15H,(H2,28,29,30,31,32). The topological polar surface area (TPSA) is 94.5 Å². The minimum atomic E-state index is -0.344. The van der Waals surface area contributed by atoms with E-state index in [4.69, 9.17) is 0 Å². The Morgan fingerprint density at radius 2 is 1.38 bits per heavy atom. The van der Waals surface area contributed by atoms with Crippen molar-refractivity contribution in [2.24, 2.45) is 0 Å². The van der Waals surface area contributed by atoms with Crippen molar-refractivity contribution in [3.63, 3.8) is 0 Å². The van der Waals surface area contributed by atoms with E-state index in [1.54, 1.807) is 0 Å². The van der Waals surface area contributed by atoms with Crippen LogP contribution in [0.1, 0.15) is 5.56 Å². The number of rotatable bonds is 4. The fourth-order valence-electron chi connectivity index (χ4n) is 3.66. The lowest BCUT2D eigenvalue weighted by Gasteiger charge is -2.14. The van der Waals surface area contributed by atoms with Crippen molar-refractivity contribution in [2.45, 2.75) is 0 Å². The number of anilines is 2. The summed E-state index contributed by atoms with van der Waals surface area (Å²) in [7, 11) is 0. The zero-order valence-electron chi connectivity index (χ0n) is 16.9. The Kier molecular flexibility index (Phi) is 4.91. The third kappa shape index (κ3) is 3.48. The van der Waals surface area contributed by atoms with E-state index in [-0.39, 0.29) is 22.2 Å². The summed E-state index contributed by atoms with van der Waals surface area (Å²) in [5.74, 6) is 0.771. The fraction of sp³-hybridized carbons (Fsp3) is 0. The molecule has 0 aliphatic carbocycles. The van der Waals surface area contributed by atoms with Crippen LogP contribution in [0.15, 0.2) is 95.8 Å². The molecule has 0 saturated heterocycles. The summed E-state index contributed by atoms with van der Waals surface area (Å²) >= 11 is 0. The molecule has 152 valence electrons. The first-order chi connectivity index (χ1) is 15.7. The Morgan fingerprint density at radius 3 is 2.00 bits per heavy atom. The molecule has 0 unspecified atom stereocenters. The van der Waals surface area contributed by atoms with Gasteiger partial charge >= 0.3 is 0 Å². The van der Waals surface area contributed by atoms with E-state index in [0.717, 1.165) is 16.8 Å². The molecular weight excluding hydrogens is 398 g/mol. The van der Waals surface area contributed by atoms with Crippen LogP contribution in [0.2, 0.25) is 0 Å². The van der Waals surface area contributed by atoms with Crippen LogP contribution in [0.25, 0.3) is 33.5 Å². The zero-order chi connectivity index (χ0) is 21.9. The molecule has 3 aromatic carbocycles. The maximum absolute atomic E-state index is 13.2. The molecule has 6 nitrogen and oxygen atoms in total. The number of nitrogens with one attached hydrogen (secondary N) is 2. The Labute approximate surface area is 183 Å². The maximum atomic E-state index is 13.2. The number of aromatic nitrogens is 3. The zero-order valence-corrected chi connectivity index (χ0v) is 16.9. The summed E-state index contributed by atoms with van der Waals surface area (Å²) in [6.07, 6.45) is 0. The van der Waals surface area contributed by atoms with E-state index in [1.165, 1.54) is 0 Å². The smallest absolute Gasteiger partial charge is 0.261 e. The average molecular weight is 415 g/mol. The van der Waals surface area contributed by atoms with Gasteiger partial charge in [-0.1, -0.05) is 78.9 Å². The number of hydrogen-bond acceptors (Lipinski definition) is 5. The predicted molar refractivity (Wildman–Crippen MR) is 125 cm³/mol. The number of benzene rings is 3. The Bertz CT molecular complexity index is 1510. The van der Waals surface area contributed by atoms with Crippen molar-refractivity contribution >= 4 is 22.5 Å². The van der Waals surface area contributed by atoms with Crippen molar-refractivity contribution in [1.29, 1.82) is 5.26 Å². The van der Waals surface area contributed by atoms with Crippen LogP contribution in [0, 0.1) is 11.3 Å². The lowest BCUT2D eigenvalue weighted by molar-refractivity contribution is 1.15. The minimum absolute atomic E-state index is 0.267. The van der Waals surface area contributed by atoms with Gasteiger partial charge in [-0.15, -0.1) is 0 Å². The Balaban J connectivity index is 1.84. The van der Waals surface area contributed by atoms with Gasteiger partial charge in [-0.05, 0) is 17.7 Å². The highest BCUT2D eigenvalue weighted by molar-refractivity contribution is 5.98. The van der Waals surface area contributed by atoms with Crippen LogP contribution < -0.4 is 10.9 Å². The van der Waals surface area contributed by atoms with E-state index >= 15 is 0 Å². The van der Waals surface area contributed by atoms with Gasteiger partial charge < -0.3 is 10.3 Å². The van der Waals surface area contributed by atoms with Gasteiger partial charge in [0.05, 0.1) is 5.39 Å². The number of nitriles is 1. The van der Waals surface area contributed by atoms with Crippen molar-refractivity contribution in [3.8, 4) is 28.6 Å². The van der Waals surface area contributed by atoms with Crippen LogP contribution in [0.4, 0.5) is 11.5 Å². The molecule has 5 rings (SSSR count). The molecular formula is C26H17N5O. The normalized spacial score (nSPS) is 10.6. The van der Waals surface area contributed by atoms with Gasteiger partial charge in [-0.2, -0.15) is 5.26 Å². The minimum Gasteiger partial charge on any atom is -0.339 e. The number of aromatic amines is 1. The molecule has 5 aromatic rings. The van der Waals surface area contributed by atoms with Gasteiger partial charge in [0.25, 0.3) is 5.56 Å². The average Bonchev–Trinajstić information content (AvgIpc) is 2.85. The van der Waals surface area contributed by atoms with Gasteiger partial charge in [-0.25, -0.2) is 9.97 Å². The summed E-state index contributed by atoms with van der Waals surface area (Å²) in [5.41, 5.74) is 3.01. The SMILES string of the molecule is N#Cc1c(Nc2ccccc2)nc2nc(-c3ccccc3)[nH]c(=O)c2c1-c1ccccc1. The van der Waals surface area contributed by atoms with E-state index in [0.29, 0.717) is 17.2 Å². The molecule has 0 fully saturated rings. The fourth-order valence-corrected chi connectivity index (χ4v) is 3.66. The van der Waals surface area contributed by atoms with E-state index in [9.17, 15) is 10.1 Å². The highest BCUT2D eigenvalue weighted by Gasteiger charge is 2.21. The summed E-state index contributed by atoms with van der Waals surface area (Å²) in [5, 5.41) is 13.6. The molecule has 2 heterocycles. The maximum Gasteiger partial charge on any atom is 0.261 e. The summed E-state index contributed by atoms with van der Waals surface area (Å²) in [6, 6.07) is 30.5. The highest BCUT2D eigenvalue weighted by Crippen LogP contribution is 2.34. The molecule has 6 heteroatoms.